The van der Waals surface area contributed by atoms with Gasteiger partial charge in [0.1, 0.15) is 16.8 Å². The number of hydrogen-bond donors (Lipinski definition) is 1. The molecular weight excluding hydrogens is 222 g/mol. The molecule has 0 saturated carbocycles. The predicted octanol–water partition coefficient (Wildman–Crippen LogP) is 2.83. The number of nitrogens with zero attached hydrogens (tertiary/aromatic N) is 2. The minimum atomic E-state index is 0.519. The van der Waals surface area contributed by atoms with Gasteiger partial charge in [0.15, 0.2) is 0 Å². The fraction of sp³-hybridized carbons (Fsp3) is 0.500. The van der Waals surface area contributed by atoms with E-state index in [-0.39, 0.29) is 0 Å². The van der Waals surface area contributed by atoms with Gasteiger partial charge >= 0.3 is 0 Å². The zero-order valence-electron chi connectivity index (χ0n) is 9.89. The molecule has 1 aromatic heterocycles. The van der Waals surface area contributed by atoms with Gasteiger partial charge in [-0.3, -0.25) is 0 Å². The van der Waals surface area contributed by atoms with Gasteiger partial charge in [-0.25, -0.2) is 9.97 Å². The van der Waals surface area contributed by atoms with Gasteiger partial charge in [-0.1, -0.05) is 24.4 Å². The van der Waals surface area contributed by atoms with E-state index in [1.165, 1.54) is 0 Å². The van der Waals surface area contributed by atoms with Crippen molar-refractivity contribution >= 4 is 17.4 Å². The number of aryl methyl sites for hydroxylation is 1. The van der Waals surface area contributed by atoms with Gasteiger partial charge in [-0.15, -0.1) is 5.92 Å². The first-order valence-electron chi connectivity index (χ1n) is 5.35. The summed E-state index contributed by atoms with van der Waals surface area (Å²) in [6.07, 6.45) is 1.85. The molecule has 0 atom stereocenters. The van der Waals surface area contributed by atoms with E-state index >= 15 is 0 Å². The van der Waals surface area contributed by atoms with Crippen LogP contribution in [-0.4, -0.2) is 16.5 Å². The van der Waals surface area contributed by atoms with Gasteiger partial charge in [0.2, 0.25) is 0 Å². The molecule has 0 amide bonds. The van der Waals surface area contributed by atoms with E-state index in [1.807, 2.05) is 13.8 Å². The number of nitrogens with one attached hydrogen (secondary N) is 1. The van der Waals surface area contributed by atoms with Crippen molar-refractivity contribution < 1.29 is 0 Å². The molecule has 4 heteroatoms. The SMILES string of the molecule is CC#CCNc1nc(CCC)nc(Cl)c1C. The maximum atomic E-state index is 6.04. The van der Waals surface area contributed by atoms with E-state index in [0.29, 0.717) is 11.7 Å². The normalized spacial score (nSPS) is 9.50. The molecule has 1 heterocycles. The summed E-state index contributed by atoms with van der Waals surface area (Å²) in [7, 11) is 0. The molecule has 0 aliphatic carbocycles. The maximum Gasteiger partial charge on any atom is 0.137 e. The Labute approximate surface area is 102 Å². The van der Waals surface area contributed by atoms with E-state index in [9.17, 15) is 0 Å². The van der Waals surface area contributed by atoms with Gasteiger partial charge < -0.3 is 5.32 Å². The van der Waals surface area contributed by atoms with E-state index < -0.39 is 0 Å². The van der Waals surface area contributed by atoms with Gasteiger partial charge in [-0.05, 0) is 20.3 Å². The molecule has 16 heavy (non-hydrogen) atoms. The molecule has 0 unspecified atom stereocenters. The average molecular weight is 238 g/mol. The van der Waals surface area contributed by atoms with Crippen molar-refractivity contribution in [1.29, 1.82) is 0 Å². The van der Waals surface area contributed by atoms with Crippen LogP contribution in [0.15, 0.2) is 0 Å². The first-order chi connectivity index (χ1) is 7.69. The molecule has 1 rings (SSSR count). The van der Waals surface area contributed by atoms with Crippen LogP contribution in [-0.2, 0) is 6.42 Å². The van der Waals surface area contributed by atoms with Crippen LogP contribution in [0.3, 0.4) is 0 Å². The highest BCUT2D eigenvalue weighted by molar-refractivity contribution is 6.30. The topological polar surface area (TPSA) is 37.8 Å². The smallest absolute Gasteiger partial charge is 0.137 e. The average Bonchev–Trinajstić information content (AvgIpc) is 2.25. The highest BCUT2D eigenvalue weighted by Crippen LogP contribution is 2.19. The lowest BCUT2D eigenvalue weighted by Crippen LogP contribution is -2.07. The van der Waals surface area contributed by atoms with Crippen LogP contribution >= 0.6 is 11.6 Å². The third kappa shape index (κ3) is 3.39. The molecule has 0 radical (unpaired) electrons. The Morgan fingerprint density at radius 1 is 1.38 bits per heavy atom. The molecule has 0 bridgehead atoms. The Morgan fingerprint density at radius 3 is 2.75 bits per heavy atom. The largest absolute Gasteiger partial charge is 0.359 e. The lowest BCUT2D eigenvalue weighted by molar-refractivity contribution is 0.832. The van der Waals surface area contributed by atoms with Crippen molar-refractivity contribution in [3.8, 4) is 11.8 Å². The summed E-state index contributed by atoms with van der Waals surface area (Å²) in [6, 6.07) is 0. The third-order valence-corrected chi connectivity index (χ3v) is 2.50. The minimum absolute atomic E-state index is 0.519. The van der Waals surface area contributed by atoms with E-state index in [2.05, 4.69) is 34.0 Å². The fourth-order valence-electron chi connectivity index (χ4n) is 1.26. The second-order valence-corrected chi connectivity index (χ2v) is 3.79. The van der Waals surface area contributed by atoms with Crippen molar-refractivity contribution in [3.63, 3.8) is 0 Å². The Balaban J connectivity index is 2.90. The van der Waals surface area contributed by atoms with Crippen molar-refractivity contribution in [2.45, 2.75) is 33.6 Å². The van der Waals surface area contributed by atoms with Crippen LogP contribution in [0.5, 0.6) is 0 Å². The van der Waals surface area contributed by atoms with Crippen molar-refractivity contribution in [1.82, 2.24) is 9.97 Å². The van der Waals surface area contributed by atoms with Crippen LogP contribution in [0.25, 0.3) is 0 Å². The van der Waals surface area contributed by atoms with Crippen LogP contribution in [0, 0.1) is 18.8 Å². The molecule has 1 N–H and O–H groups in total. The highest BCUT2D eigenvalue weighted by Gasteiger charge is 2.07. The number of rotatable bonds is 4. The van der Waals surface area contributed by atoms with Crippen LogP contribution in [0.2, 0.25) is 5.15 Å². The molecule has 0 aliphatic heterocycles. The van der Waals surface area contributed by atoms with E-state index in [0.717, 1.165) is 30.0 Å². The second-order valence-electron chi connectivity index (χ2n) is 3.43. The quantitative estimate of drug-likeness (QED) is 0.647. The van der Waals surface area contributed by atoms with Gasteiger partial charge in [0.25, 0.3) is 0 Å². The van der Waals surface area contributed by atoms with E-state index in [4.69, 9.17) is 11.6 Å². The first-order valence-corrected chi connectivity index (χ1v) is 5.73. The summed E-state index contributed by atoms with van der Waals surface area (Å²) in [5.41, 5.74) is 0.874. The molecule has 0 aliphatic rings. The maximum absolute atomic E-state index is 6.04. The molecule has 3 nitrogen and oxygen atoms in total. The summed E-state index contributed by atoms with van der Waals surface area (Å²) < 4.78 is 0. The number of aromatic nitrogens is 2. The monoisotopic (exact) mass is 237 g/mol. The van der Waals surface area contributed by atoms with Crippen molar-refractivity contribution in [2.24, 2.45) is 0 Å². The molecule has 0 aromatic carbocycles. The fourth-order valence-corrected chi connectivity index (χ4v) is 1.44. The summed E-state index contributed by atoms with van der Waals surface area (Å²) in [5.74, 6) is 7.32. The van der Waals surface area contributed by atoms with Gasteiger partial charge in [-0.2, -0.15) is 0 Å². The van der Waals surface area contributed by atoms with Crippen LogP contribution in [0.1, 0.15) is 31.7 Å². The lowest BCUT2D eigenvalue weighted by atomic mass is 10.3. The molecule has 0 spiro atoms. The van der Waals surface area contributed by atoms with Gasteiger partial charge in [0, 0.05) is 12.0 Å². The summed E-state index contributed by atoms with van der Waals surface area (Å²) in [4.78, 5) is 8.65. The lowest BCUT2D eigenvalue weighted by Gasteiger charge is -2.09. The van der Waals surface area contributed by atoms with Crippen LogP contribution in [0.4, 0.5) is 5.82 Å². The predicted molar refractivity (Wildman–Crippen MR) is 67.7 cm³/mol. The Kier molecular flexibility index (Phi) is 5.07. The molecule has 86 valence electrons. The van der Waals surface area contributed by atoms with E-state index in [1.54, 1.807) is 0 Å². The highest BCUT2D eigenvalue weighted by atomic mass is 35.5. The second kappa shape index (κ2) is 6.34. The molecule has 1 aromatic rings. The molecule has 0 fully saturated rings. The first kappa shape index (κ1) is 12.8. The number of halogens is 1. The summed E-state index contributed by atoms with van der Waals surface area (Å²) >= 11 is 6.04. The summed E-state index contributed by atoms with van der Waals surface area (Å²) in [5, 5.41) is 3.66. The zero-order valence-corrected chi connectivity index (χ0v) is 10.6. The zero-order chi connectivity index (χ0) is 12.0. The Hall–Kier alpha value is -1.27. The minimum Gasteiger partial charge on any atom is -0.359 e. The van der Waals surface area contributed by atoms with Crippen LogP contribution < -0.4 is 5.32 Å². The molecule has 0 saturated heterocycles. The Bertz CT molecular complexity index is 418. The molecular formula is C12H16ClN3. The van der Waals surface area contributed by atoms with Crippen molar-refractivity contribution in [2.75, 3.05) is 11.9 Å². The van der Waals surface area contributed by atoms with Crippen molar-refractivity contribution in [3.05, 3.63) is 16.5 Å². The Morgan fingerprint density at radius 2 is 2.12 bits per heavy atom. The third-order valence-electron chi connectivity index (χ3n) is 2.13. The number of hydrogen-bond acceptors (Lipinski definition) is 3. The standard InChI is InChI=1S/C12H16ClN3/c1-4-6-8-14-12-9(3)11(13)15-10(16-12)7-5-2/h5,7-8H2,1-3H3,(H,14,15,16). The summed E-state index contributed by atoms with van der Waals surface area (Å²) in [6.45, 7) is 6.38. The number of anilines is 1. The van der Waals surface area contributed by atoms with Gasteiger partial charge in [0.05, 0.1) is 6.54 Å².